The number of rotatable bonds is 4. The van der Waals surface area contributed by atoms with Gasteiger partial charge in [-0.2, -0.15) is 0 Å². The Bertz CT molecular complexity index is 299. The van der Waals surface area contributed by atoms with Crippen LogP contribution in [0.5, 0.6) is 0 Å². The molecular weight excluding hydrogens is 309 g/mol. The zero-order chi connectivity index (χ0) is 13.7. The molecular formula is C15H31Cl2N3O. The summed E-state index contributed by atoms with van der Waals surface area (Å²) in [5.74, 6) is 1.22. The molecule has 3 atom stereocenters. The number of carbonyl (C=O) groups is 1. The summed E-state index contributed by atoms with van der Waals surface area (Å²) >= 11 is 0. The molecule has 2 N–H and O–H groups in total. The molecule has 0 aromatic rings. The molecule has 6 heteroatoms. The van der Waals surface area contributed by atoms with Crippen LogP contribution in [0.4, 0.5) is 0 Å². The fraction of sp³-hybridized carbons (Fsp3) is 0.933. The van der Waals surface area contributed by atoms with Gasteiger partial charge in [0, 0.05) is 25.7 Å². The minimum atomic E-state index is 0. The van der Waals surface area contributed by atoms with Gasteiger partial charge in [0.05, 0.1) is 5.92 Å². The van der Waals surface area contributed by atoms with Gasteiger partial charge in [-0.05, 0) is 51.6 Å². The Morgan fingerprint density at radius 1 is 1.33 bits per heavy atom. The van der Waals surface area contributed by atoms with E-state index in [9.17, 15) is 4.79 Å². The summed E-state index contributed by atoms with van der Waals surface area (Å²) in [6.45, 7) is 9.63. The smallest absolute Gasteiger partial charge is 0.224 e. The maximum atomic E-state index is 12.1. The van der Waals surface area contributed by atoms with Crippen LogP contribution in [0.2, 0.25) is 0 Å². The molecule has 4 nitrogen and oxygen atoms in total. The number of halogens is 2. The molecule has 2 saturated heterocycles. The normalized spacial score (nSPS) is 27.9. The topological polar surface area (TPSA) is 44.4 Å². The highest BCUT2D eigenvalue weighted by Crippen LogP contribution is 2.17. The molecule has 2 aliphatic rings. The Morgan fingerprint density at radius 2 is 2.10 bits per heavy atom. The van der Waals surface area contributed by atoms with Gasteiger partial charge < -0.3 is 10.6 Å². The Labute approximate surface area is 141 Å². The van der Waals surface area contributed by atoms with E-state index in [1.54, 1.807) is 0 Å². The minimum Gasteiger partial charge on any atom is -0.354 e. The van der Waals surface area contributed by atoms with Crippen molar-refractivity contribution in [2.24, 2.45) is 11.8 Å². The van der Waals surface area contributed by atoms with Crippen LogP contribution in [0.1, 0.15) is 39.5 Å². The van der Waals surface area contributed by atoms with E-state index in [0.29, 0.717) is 6.04 Å². The number of carbonyl (C=O) groups excluding carboxylic acids is 1. The number of amides is 1. The van der Waals surface area contributed by atoms with Crippen molar-refractivity contribution in [2.75, 3.05) is 32.7 Å². The molecule has 0 radical (unpaired) electrons. The maximum absolute atomic E-state index is 12.1. The Morgan fingerprint density at radius 3 is 2.71 bits per heavy atom. The second kappa shape index (κ2) is 10.7. The van der Waals surface area contributed by atoms with Crippen LogP contribution in [0, 0.1) is 11.8 Å². The highest BCUT2D eigenvalue weighted by atomic mass is 35.5. The van der Waals surface area contributed by atoms with E-state index in [4.69, 9.17) is 0 Å². The summed E-state index contributed by atoms with van der Waals surface area (Å²) in [6.07, 6.45) is 4.81. The molecule has 2 rings (SSSR count). The first-order valence-corrected chi connectivity index (χ1v) is 7.89. The molecule has 2 aliphatic heterocycles. The van der Waals surface area contributed by atoms with Crippen molar-refractivity contribution >= 4 is 30.7 Å². The highest BCUT2D eigenvalue weighted by molar-refractivity contribution is 5.85. The number of nitrogens with one attached hydrogen (secondary N) is 2. The average molecular weight is 340 g/mol. The van der Waals surface area contributed by atoms with Crippen molar-refractivity contribution < 1.29 is 4.79 Å². The monoisotopic (exact) mass is 339 g/mol. The molecule has 126 valence electrons. The van der Waals surface area contributed by atoms with Gasteiger partial charge in [-0.3, -0.25) is 9.69 Å². The van der Waals surface area contributed by atoms with Gasteiger partial charge in [0.2, 0.25) is 5.91 Å². The van der Waals surface area contributed by atoms with Crippen molar-refractivity contribution in [3.8, 4) is 0 Å². The molecule has 0 aliphatic carbocycles. The standard InChI is InChI=1S/C15H29N3O.2ClH/c1-12-5-4-8-18(11-12)13(2)9-17-15(19)14-6-3-7-16-10-14;;/h12-14,16H,3-11H2,1-2H3,(H,17,19);2*1H. The molecule has 1 amide bonds. The van der Waals surface area contributed by atoms with Crippen molar-refractivity contribution in [1.29, 1.82) is 0 Å². The molecule has 3 unspecified atom stereocenters. The van der Waals surface area contributed by atoms with Gasteiger partial charge in [-0.1, -0.05) is 6.92 Å². The Hall–Kier alpha value is -0.0300. The van der Waals surface area contributed by atoms with Crippen LogP contribution >= 0.6 is 24.8 Å². The molecule has 2 heterocycles. The molecule has 0 saturated carbocycles. The zero-order valence-corrected chi connectivity index (χ0v) is 14.9. The first-order chi connectivity index (χ1) is 9.16. The fourth-order valence-corrected chi connectivity index (χ4v) is 3.22. The van der Waals surface area contributed by atoms with E-state index >= 15 is 0 Å². The van der Waals surface area contributed by atoms with Crippen molar-refractivity contribution in [3.63, 3.8) is 0 Å². The van der Waals surface area contributed by atoms with E-state index in [0.717, 1.165) is 38.4 Å². The number of piperidine rings is 2. The first kappa shape index (κ1) is 21.0. The third kappa shape index (κ3) is 6.72. The quantitative estimate of drug-likeness (QED) is 0.823. The molecule has 0 spiro atoms. The van der Waals surface area contributed by atoms with Crippen LogP contribution < -0.4 is 10.6 Å². The summed E-state index contributed by atoms with van der Waals surface area (Å²) in [7, 11) is 0. The predicted octanol–water partition coefficient (Wildman–Crippen LogP) is 2.07. The van der Waals surface area contributed by atoms with Gasteiger partial charge in [0.25, 0.3) is 0 Å². The van der Waals surface area contributed by atoms with Gasteiger partial charge in [-0.15, -0.1) is 24.8 Å². The maximum Gasteiger partial charge on any atom is 0.224 e. The summed E-state index contributed by atoms with van der Waals surface area (Å²) in [6, 6.07) is 0.461. The Kier molecular flexibility index (Phi) is 10.6. The molecule has 21 heavy (non-hydrogen) atoms. The third-order valence-corrected chi connectivity index (χ3v) is 4.55. The van der Waals surface area contributed by atoms with Crippen LogP contribution in [0.15, 0.2) is 0 Å². The highest BCUT2D eigenvalue weighted by Gasteiger charge is 2.24. The lowest BCUT2D eigenvalue weighted by atomic mass is 9.98. The third-order valence-electron chi connectivity index (χ3n) is 4.55. The average Bonchev–Trinajstić information content (AvgIpc) is 2.45. The number of likely N-dealkylation sites (tertiary alicyclic amines) is 1. The molecule has 0 aromatic carbocycles. The lowest BCUT2D eigenvalue weighted by Crippen LogP contribution is -2.48. The van der Waals surface area contributed by atoms with Crippen LogP contribution in [-0.2, 0) is 4.79 Å². The van der Waals surface area contributed by atoms with E-state index < -0.39 is 0 Å². The molecule has 0 bridgehead atoms. The summed E-state index contributed by atoms with van der Waals surface area (Å²) in [5, 5.41) is 6.44. The zero-order valence-electron chi connectivity index (χ0n) is 13.3. The molecule has 0 aromatic heterocycles. The van der Waals surface area contributed by atoms with Gasteiger partial charge in [0.1, 0.15) is 0 Å². The van der Waals surface area contributed by atoms with Gasteiger partial charge in [0.15, 0.2) is 0 Å². The lowest BCUT2D eigenvalue weighted by Gasteiger charge is -2.35. The first-order valence-electron chi connectivity index (χ1n) is 7.89. The summed E-state index contributed by atoms with van der Waals surface area (Å²) in [5.41, 5.74) is 0. The lowest BCUT2D eigenvalue weighted by molar-refractivity contribution is -0.125. The van der Waals surface area contributed by atoms with Gasteiger partial charge in [-0.25, -0.2) is 0 Å². The van der Waals surface area contributed by atoms with Crippen molar-refractivity contribution in [3.05, 3.63) is 0 Å². The largest absolute Gasteiger partial charge is 0.354 e. The molecule has 2 fully saturated rings. The van der Waals surface area contributed by atoms with Crippen LogP contribution in [0.3, 0.4) is 0 Å². The summed E-state index contributed by atoms with van der Waals surface area (Å²) < 4.78 is 0. The van der Waals surface area contributed by atoms with Gasteiger partial charge >= 0.3 is 0 Å². The number of hydrogen-bond acceptors (Lipinski definition) is 3. The van der Waals surface area contributed by atoms with E-state index in [1.807, 2.05) is 0 Å². The second-order valence-electron chi connectivity index (χ2n) is 6.38. The predicted molar refractivity (Wildman–Crippen MR) is 92.5 cm³/mol. The van der Waals surface area contributed by atoms with Crippen LogP contribution in [0.25, 0.3) is 0 Å². The van der Waals surface area contributed by atoms with E-state index in [-0.39, 0.29) is 36.6 Å². The Balaban J connectivity index is 0.00000200. The minimum absolute atomic E-state index is 0. The van der Waals surface area contributed by atoms with Crippen molar-refractivity contribution in [2.45, 2.75) is 45.6 Å². The second-order valence-corrected chi connectivity index (χ2v) is 6.38. The number of hydrogen-bond donors (Lipinski definition) is 2. The number of nitrogens with zero attached hydrogens (tertiary/aromatic N) is 1. The van der Waals surface area contributed by atoms with Crippen LogP contribution in [-0.4, -0.2) is 49.6 Å². The fourth-order valence-electron chi connectivity index (χ4n) is 3.22. The van der Waals surface area contributed by atoms with E-state index in [2.05, 4.69) is 29.4 Å². The van der Waals surface area contributed by atoms with Crippen molar-refractivity contribution in [1.82, 2.24) is 15.5 Å². The SMILES string of the molecule is CC1CCCN(C(C)CNC(=O)C2CCCNC2)C1.Cl.Cl. The summed E-state index contributed by atoms with van der Waals surface area (Å²) in [4.78, 5) is 14.6. The van der Waals surface area contributed by atoms with E-state index in [1.165, 1.54) is 25.9 Å².